The van der Waals surface area contributed by atoms with Crippen LogP contribution in [-0.4, -0.2) is 37.0 Å². The SMILES string of the molecule is CCCCc1ccc(NSc2ccc(C)c(C(=O)N3CCCN(c4ccccc4F)CC3)c2)cc1. The molecule has 0 atom stereocenters. The number of carbonyl (C=O) groups excluding carboxylic acids is 1. The number of para-hydroxylation sites is 1. The van der Waals surface area contributed by atoms with Crippen LogP contribution in [0.1, 0.15) is 47.7 Å². The van der Waals surface area contributed by atoms with Gasteiger partial charge in [-0.25, -0.2) is 4.39 Å². The molecule has 4 nitrogen and oxygen atoms in total. The summed E-state index contributed by atoms with van der Waals surface area (Å²) >= 11 is 1.52. The van der Waals surface area contributed by atoms with Crippen LogP contribution >= 0.6 is 11.9 Å². The highest BCUT2D eigenvalue weighted by Crippen LogP contribution is 2.26. The molecule has 3 aromatic carbocycles. The molecule has 1 fully saturated rings. The molecule has 184 valence electrons. The summed E-state index contributed by atoms with van der Waals surface area (Å²) in [4.78, 5) is 18.4. The number of benzene rings is 3. The van der Waals surface area contributed by atoms with E-state index >= 15 is 0 Å². The van der Waals surface area contributed by atoms with Gasteiger partial charge < -0.3 is 14.5 Å². The van der Waals surface area contributed by atoms with Gasteiger partial charge in [0.25, 0.3) is 5.91 Å². The molecule has 0 bridgehead atoms. The maximum absolute atomic E-state index is 14.3. The first-order valence-corrected chi connectivity index (χ1v) is 13.3. The van der Waals surface area contributed by atoms with E-state index in [1.807, 2.05) is 47.1 Å². The molecule has 4 rings (SSSR count). The Balaban J connectivity index is 1.39. The quantitative estimate of drug-likeness (QED) is 0.346. The fraction of sp³-hybridized carbons (Fsp3) is 0.345. The number of carbonyl (C=O) groups is 1. The molecular weight excluding hydrogens is 457 g/mol. The number of rotatable bonds is 8. The largest absolute Gasteiger partial charge is 0.367 e. The van der Waals surface area contributed by atoms with Gasteiger partial charge >= 0.3 is 0 Å². The smallest absolute Gasteiger partial charge is 0.254 e. The van der Waals surface area contributed by atoms with E-state index in [-0.39, 0.29) is 11.7 Å². The fourth-order valence-corrected chi connectivity index (χ4v) is 5.06. The topological polar surface area (TPSA) is 35.6 Å². The Morgan fingerprint density at radius 2 is 1.80 bits per heavy atom. The van der Waals surface area contributed by atoms with Gasteiger partial charge in [-0.05, 0) is 85.7 Å². The zero-order valence-corrected chi connectivity index (χ0v) is 21.4. The average molecular weight is 492 g/mol. The van der Waals surface area contributed by atoms with Crippen LogP contribution in [0.3, 0.4) is 0 Å². The highest BCUT2D eigenvalue weighted by molar-refractivity contribution is 8.00. The summed E-state index contributed by atoms with van der Waals surface area (Å²) in [6.07, 6.45) is 4.33. The number of hydrogen-bond donors (Lipinski definition) is 1. The van der Waals surface area contributed by atoms with E-state index < -0.39 is 0 Å². The molecule has 1 heterocycles. The number of nitrogens with one attached hydrogen (secondary N) is 1. The summed E-state index contributed by atoms with van der Waals surface area (Å²) in [7, 11) is 0. The van der Waals surface area contributed by atoms with Crippen molar-refractivity contribution in [2.24, 2.45) is 0 Å². The van der Waals surface area contributed by atoms with E-state index in [1.165, 1.54) is 36.4 Å². The van der Waals surface area contributed by atoms with Gasteiger partial charge in [0, 0.05) is 42.3 Å². The van der Waals surface area contributed by atoms with Crippen LogP contribution in [0.25, 0.3) is 0 Å². The first kappa shape index (κ1) is 25.1. The molecule has 1 saturated heterocycles. The molecular formula is C29H34FN3OS. The normalized spacial score (nSPS) is 14.0. The zero-order valence-electron chi connectivity index (χ0n) is 20.6. The molecule has 1 amide bonds. The van der Waals surface area contributed by atoms with Crippen molar-refractivity contribution < 1.29 is 9.18 Å². The number of amides is 1. The van der Waals surface area contributed by atoms with E-state index in [1.54, 1.807) is 6.07 Å². The minimum absolute atomic E-state index is 0.0422. The monoisotopic (exact) mass is 491 g/mol. The Labute approximate surface area is 212 Å². The molecule has 1 N–H and O–H groups in total. The van der Waals surface area contributed by atoms with Crippen molar-refractivity contribution in [3.8, 4) is 0 Å². The number of hydrogen-bond acceptors (Lipinski definition) is 4. The average Bonchev–Trinajstić information content (AvgIpc) is 3.14. The Bertz CT molecular complexity index is 1140. The van der Waals surface area contributed by atoms with E-state index in [4.69, 9.17) is 0 Å². The second-order valence-corrected chi connectivity index (χ2v) is 9.95. The number of halogens is 1. The van der Waals surface area contributed by atoms with Crippen LogP contribution in [0.2, 0.25) is 0 Å². The van der Waals surface area contributed by atoms with E-state index in [9.17, 15) is 9.18 Å². The van der Waals surface area contributed by atoms with Crippen molar-refractivity contribution >= 4 is 29.2 Å². The molecule has 0 radical (unpaired) electrons. The lowest BCUT2D eigenvalue weighted by Gasteiger charge is -2.24. The third kappa shape index (κ3) is 6.57. The van der Waals surface area contributed by atoms with Gasteiger partial charge in [-0.2, -0.15) is 0 Å². The van der Waals surface area contributed by atoms with Crippen LogP contribution < -0.4 is 9.62 Å². The minimum atomic E-state index is -0.212. The van der Waals surface area contributed by atoms with Gasteiger partial charge in [0.2, 0.25) is 0 Å². The van der Waals surface area contributed by atoms with Gasteiger partial charge in [-0.15, -0.1) is 0 Å². The Hall–Kier alpha value is -2.99. The first-order valence-electron chi connectivity index (χ1n) is 12.5. The van der Waals surface area contributed by atoms with Crippen molar-refractivity contribution in [2.45, 2.75) is 44.4 Å². The summed E-state index contributed by atoms with van der Waals surface area (Å²) in [5.41, 5.74) is 4.71. The van der Waals surface area contributed by atoms with Gasteiger partial charge in [0.05, 0.1) is 5.69 Å². The number of aryl methyl sites for hydroxylation is 2. The number of unbranched alkanes of at least 4 members (excludes halogenated alkanes) is 1. The third-order valence-electron chi connectivity index (χ3n) is 6.48. The van der Waals surface area contributed by atoms with Crippen LogP contribution in [0.5, 0.6) is 0 Å². The van der Waals surface area contributed by atoms with Crippen LogP contribution in [0.4, 0.5) is 15.8 Å². The van der Waals surface area contributed by atoms with Crippen molar-refractivity contribution in [3.63, 3.8) is 0 Å². The van der Waals surface area contributed by atoms with Gasteiger partial charge in [-0.1, -0.05) is 43.7 Å². The number of anilines is 2. The first-order chi connectivity index (χ1) is 17.0. The lowest BCUT2D eigenvalue weighted by Crippen LogP contribution is -2.35. The van der Waals surface area contributed by atoms with Crippen LogP contribution in [-0.2, 0) is 6.42 Å². The van der Waals surface area contributed by atoms with Gasteiger partial charge in [-0.3, -0.25) is 4.79 Å². The summed E-state index contributed by atoms with van der Waals surface area (Å²) < 4.78 is 17.7. The lowest BCUT2D eigenvalue weighted by atomic mass is 10.1. The summed E-state index contributed by atoms with van der Waals surface area (Å²) in [5.74, 6) is -0.170. The second-order valence-electron chi connectivity index (χ2n) is 9.07. The Morgan fingerprint density at radius 1 is 1.00 bits per heavy atom. The van der Waals surface area contributed by atoms with E-state index in [0.717, 1.165) is 41.1 Å². The minimum Gasteiger partial charge on any atom is -0.367 e. The summed E-state index contributed by atoms with van der Waals surface area (Å²) in [6.45, 7) is 6.79. The molecule has 1 aliphatic rings. The van der Waals surface area contributed by atoms with Crippen LogP contribution in [0.15, 0.2) is 71.6 Å². The van der Waals surface area contributed by atoms with Crippen molar-refractivity contribution in [2.75, 3.05) is 35.8 Å². The van der Waals surface area contributed by atoms with Crippen molar-refractivity contribution in [1.29, 1.82) is 0 Å². The maximum Gasteiger partial charge on any atom is 0.254 e. The van der Waals surface area contributed by atoms with Crippen molar-refractivity contribution in [1.82, 2.24) is 4.90 Å². The molecule has 0 aromatic heterocycles. The highest BCUT2D eigenvalue weighted by atomic mass is 32.2. The zero-order chi connectivity index (χ0) is 24.6. The molecule has 3 aromatic rings. The fourth-order valence-electron chi connectivity index (χ4n) is 4.37. The Kier molecular flexibility index (Phi) is 8.69. The molecule has 0 spiro atoms. The second kappa shape index (κ2) is 12.1. The Morgan fingerprint density at radius 3 is 2.57 bits per heavy atom. The molecule has 0 aliphatic carbocycles. The van der Waals surface area contributed by atoms with Crippen LogP contribution in [0, 0.1) is 12.7 Å². The highest BCUT2D eigenvalue weighted by Gasteiger charge is 2.23. The predicted octanol–water partition coefficient (Wildman–Crippen LogP) is 6.95. The third-order valence-corrected chi connectivity index (χ3v) is 7.30. The lowest BCUT2D eigenvalue weighted by molar-refractivity contribution is 0.0766. The standard InChI is InChI=1S/C29H34FN3OS/c1-3-4-8-23-12-14-24(15-13-23)31-35-25-16-11-22(2)26(21-25)29(34)33-18-7-17-32(19-20-33)28-10-6-5-9-27(28)30/h5-6,9-16,21,31H,3-4,7-8,17-20H2,1-2H3. The number of nitrogens with zero attached hydrogens (tertiary/aromatic N) is 2. The molecule has 0 unspecified atom stereocenters. The van der Waals surface area contributed by atoms with Gasteiger partial charge in [0.1, 0.15) is 5.82 Å². The molecule has 6 heteroatoms. The predicted molar refractivity (Wildman–Crippen MR) is 145 cm³/mol. The molecule has 35 heavy (non-hydrogen) atoms. The maximum atomic E-state index is 14.3. The molecule has 0 saturated carbocycles. The summed E-state index contributed by atoms with van der Waals surface area (Å²) in [6, 6.07) is 21.5. The van der Waals surface area contributed by atoms with Crippen molar-refractivity contribution in [3.05, 3.63) is 89.2 Å². The summed E-state index contributed by atoms with van der Waals surface area (Å²) in [5, 5.41) is 0. The van der Waals surface area contributed by atoms with Gasteiger partial charge in [0.15, 0.2) is 0 Å². The van der Waals surface area contributed by atoms with E-state index in [2.05, 4.69) is 35.9 Å². The molecule has 1 aliphatic heterocycles. The van der Waals surface area contributed by atoms with E-state index in [0.29, 0.717) is 25.3 Å².